The molecule has 0 saturated carbocycles. The second kappa shape index (κ2) is 7.40. The molecule has 3 aromatic rings. The van der Waals surface area contributed by atoms with Crippen molar-refractivity contribution in [3.05, 3.63) is 64.3 Å². The molecule has 4 rings (SSSR count). The Morgan fingerprint density at radius 1 is 1.11 bits per heavy atom. The number of rotatable bonds is 5. The van der Waals surface area contributed by atoms with E-state index in [4.69, 9.17) is 0 Å². The van der Waals surface area contributed by atoms with Crippen LogP contribution in [-0.2, 0) is 6.67 Å². The molecule has 1 aliphatic heterocycles. The number of hydrogen-bond acceptors (Lipinski definition) is 6. The van der Waals surface area contributed by atoms with Gasteiger partial charge in [-0.2, -0.15) is 5.10 Å². The van der Waals surface area contributed by atoms with Crippen LogP contribution in [0.2, 0.25) is 0 Å². The summed E-state index contributed by atoms with van der Waals surface area (Å²) in [4.78, 5) is 26.7. The second-order valence-electron chi connectivity index (χ2n) is 6.99. The summed E-state index contributed by atoms with van der Waals surface area (Å²) < 4.78 is 1.82. The van der Waals surface area contributed by atoms with Crippen LogP contribution in [-0.4, -0.2) is 51.6 Å². The molecule has 0 N–H and O–H groups in total. The first-order valence-corrected chi connectivity index (χ1v) is 9.19. The molecule has 28 heavy (non-hydrogen) atoms. The first kappa shape index (κ1) is 18.1. The van der Waals surface area contributed by atoms with Crippen molar-refractivity contribution in [3.63, 3.8) is 0 Å². The quantitative estimate of drug-likeness (QED) is 0.385. The Kier molecular flexibility index (Phi) is 4.79. The predicted molar refractivity (Wildman–Crippen MR) is 107 cm³/mol. The minimum Gasteiger partial charge on any atom is -0.369 e. The highest BCUT2D eigenvalue weighted by atomic mass is 16.6. The first-order chi connectivity index (χ1) is 13.5. The van der Waals surface area contributed by atoms with E-state index in [2.05, 4.69) is 14.9 Å². The van der Waals surface area contributed by atoms with Crippen molar-refractivity contribution in [3.8, 4) is 0 Å². The average molecular weight is 379 g/mol. The number of nitrogens with zero attached hydrogens (tertiary/aromatic N) is 5. The molecule has 0 aliphatic carbocycles. The van der Waals surface area contributed by atoms with Crippen LogP contribution in [0.4, 0.5) is 11.4 Å². The molecular weight excluding hydrogens is 358 g/mol. The van der Waals surface area contributed by atoms with Gasteiger partial charge in [-0.25, -0.2) is 0 Å². The lowest BCUT2D eigenvalue weighted by Crippen LogP contribution is -2.46. The van der Waals surface area contributed by atoms with Gasteiger partial charge in [0.15, 0.2) is 5.78 Å². The fourth-order valence-corrected chi connectivity index (χ4v) is 3.53. The molecule has 8 nitrogen and oxygen atoms in total. The summed E-state index contributed by atoms with van der Waals surface area (Å²) in [6.07, 6.45) is 1.74. The molecule has 1 fully saturated rings. The zero-order chi connectivity index (χ0) is 19.7. The molecule has 0 radical (unpaired) electrons. The molecule has 1 aliphatic rings. The third-order valence-corrected chi connectivity index (χ3v) is 5.18. The largest absolute Gasteiger partial charge is 0.369 e. The summed E-state index contributed by atoms with van der Waals surface area (Å²) in [5.41, 5.74) is 2.69. The SMILES string of the molecule is CC(=O)c1ccc(N2CCN(Cn3ncc4ccc([N+](=O)[O-])cc43)CC2)cc1. The molecule has 0 bridgehead atoms. The van der Waals surface area contributed by atoms with Gasteiger partial charge in [-0.05, 0) is 37.3 Å². The van der Waals surface area contributed by atoms with Crippen LogP contribution in [0.3, 0.4) is 0 Å². The molecule has 0 spiro atoms. The van der Waals surface area contributed by atoms with Gasteiger partial charge in [0.25, 0.3) is 5.69 Å². The number of benzene rings is 2. The number of hydrogen-bond donors (Lipinski definition) is 0. The number of carbonyl (C=O) groups is 1. The molecule has 8 heteroatoms. The van der Waals surface area contributed by atoms with Crippen LogP contribution >= 0.6 is 0 Å². The van der Waals surface area contributed by atoms with E-state index in [0.29, 0.717) is 6.67 Å². The molecule has 0 unspecified atom stereocenters. The summed E-state index contributed by atoms with van der Waals surface area (Å²) in [6.45, 7) is 5.65. The van der Waals surface area contributed by atoms with Crippen molar-refractivity contribution in [2.24, 2.45) is 0 Å². The highest BCUT2D eigenvalue weighted by molar-refractivity contribution is 5.94. The monoisotopic (exact) mass is 379 g/mol. The Bertz CT molecular complexity index is 1020. The lowest BCUT2D eigenvalue weighted by Gasteiger charge is -2.36. The van der Waals surface area contributed by atoms with Gasteiger partial charge >= 0.3 is 0 Å². The maximum atomic E-state index is 11.4. The topological polar surface area (TPSA) is 84.5 Å². The van der Waals surface area contributed by atoms with Crippen LogP contribution in [0.1, 0.15) is 17.3 Å². The first-order valence-electron chi connectivity index (χ1n) is 9.19. The normalized spacial score (nSPS) is 15.1. The van der Waals surface area contributed by atoms with Crippen LogP contribution in [0.5, 0.6) is 0 Å². The lowest BCUT2D eigenvalue weighted by atomic mass is 10.1. The maximum absolute atomic E-state index is 11.4. The van der Waals surface area contributed by atoms with E-state index in [1.54, 1.807) is 25.3 Å². The number of carbonyl (C=O) groups excluding carboxylic acids is 1. The molecular formula is C20H21N5O3. The lowest BCUT2D eigenvalue weighted by molar-refractivity contribution is -0.384. The van der Waals surface area contributed by atoms with Crippen LogP contribution < -0.4 is 4.90 Å². The van der Waals surface area contributed by atoms with Gasteiger partial charge in [0.2, 0.25) is 0 Å². The number of anilines is 1. The minimum atomic E-state index is -0.382. The number of aromatic nitrogens is 2. The van der Waals surface area contributed by atoms with E-state index < -0.39 is 0 Å². The third kappa shape index (κ3) is 3.59. The number of piperazine rings is 1. The van der Waals surface area contributed by atoms with Gasteiger partial charge in [-0.1, -0.05) is 0 Å². The van der Waals surface area contributed by atoms with Gasteiger partial charge in [-0.3, -0.25) is 24.5 Å². The Morgan fingerprint density at radius 2 is 1.82 bits per heavy atom. The van der Waals surface area contributed by atoms with E-state index in [1.807, 2.05) is 28.9 Å². The van der Waals surface area contributed by atoms with Crippen molar-refractivity contribution in [2.75, 3.05) is 31.1 Å². The van der Waals surface area contributed by atoms with E-state index >= 15 is 0 Å². The average Bonchev–Trinajstić information content (AvgIpc) is 3.10. The van der Waals surface area contributed by atoms with E-state index in [0.717, 1.165) is 48.3 Å². The van der Waals surface area contributed by atoms with Gasteiger partial charge in [-0.15, -0.1) is 0 Å². The molecule has 2 aromatic carbocycles. The van der Waals surface area contributed by atoms with Crippen LogP contribution in [0.15, 0.2) is 48.7 Å². The van der Waals surface area contributed by atoms with E-state index in [-0.39, 0.29) is 16.4 Å². The molecule has 0 amide bonds. The third-order valence-electron chi connectivity index (χ3n) is 5.18. The van der Waals surface area contributed by atoms with Gasteiger partial charge in [0.1, 0.15) is 0 Å². The van der Waals surface area contributed by atoms with Gasteiger partial charge in [0, 0.05) is 54.9 Å². The predicted octanol–water partition coefficient (Wildman–Crippen LogP) is 2.93. The summed E-state index contributed by atoms with van der Waals surface area (Å²) in [7, 11) is 0. The van der Waals surface area contributed by atoms with E-state index in [1.165, 1.54) is 6.07 Å². The minimum absolute atomic E-state index is 0.0723. The fourth-order valence-electron chi connectivity index (χ4n) is 3.53. The number of Topliss-reactive ketones (excluding diaryl/α,β-unsaturated/α-hetero) is 1. The van der Waals surface area contributed by atoms with Crippen LogP contribution in [0, 0.1) is 10.1 Å². The Hall–Kier alpha value is -3.26. The van der Waals surface area contributed by atoms with Gasteiger partial charge < -0.3 is 4.90 Å². The number of fused-ring (bicyclic) bond motifs is 1. The molecule has 0 atom stereocenters. The number of nitro benzene ring substituents is 1. The summed E-state index contributed by atoms with van der Waals surface area (Å²) in [6, 6.07) is 12.5. The fraction of sp³-hybridized carbons (Fsp3) is 0.300. The summed E-state index contributed by atoms with van der Waals surface area (Å²) in [5.74, 6) is 0.0723. The molecule has 1 aromatic heterocycles. The maximum Gasteiger partial charge on any atom is 0.271 e. The van der Waals surface area contributed by atoms with Crippen molar-refractivity contribution < 1.29 is 9.72 Å². The van der Waals surface area contributed by atoms with Crippen molar-refractivity contribution >= 4 is 28.1 Å². The highest BCUT2D eigenvalue weighted by Crippen LogP contribution is 2.22. The smallest absolute Gasteiger partial charge is 0.271 e. The highest BCUT2D eigenvalue weighted by Gasteiger charge is 2.19. The summed E-state index contributed by atoms with van der Waals surface area (Å²) in [5, 5.41) is 16.3. The van der Waals surface area contributed by atoms with E-state index in [9.17, 15) is 14.9 Å². The second-order valence-corrected chi connectivity index (χ2v) is 6.99. The zero-order valence-corrected chi connectivity index (χ0v) is 15.6. The Morgan fingerprint density at radius 3 is 2.46 bits per heavy atom. The Balaban J connectivity index is 1.42. The van der Waals surface area contributed by atoms with Crippen molar-refractivity contribution in [2.45, 2.75) is 13.6 Å². The number of ketones is 1. The van der Waals surface area contributed by atoms with Gasteiger partial charge in [0.05, 0.1) is 23.3 Å². The molecule has 144 valence electrons. The number of non-ortho nitro benzene ring substituents is 1. The summed E-state index contributed by atoms with van der Waals surface area (Å²) >= 11 is 0. The Labute approximate surface area is 162 Å². The molecule has 1 saturated heterocycles. The van der Waals surface area contributed by atoms with Crippen molar-refractivity contribution in [1.82, 2.24) is 14.7 Å². The van der Waals surface area contributed by atoms with Crippen molar-refractivity contribution in [1.29, 1.82) is 0 Å². The number of nitro groups is 1. The zero-order valence-electron chi connectivity index (χ0n) is 15.6. The standard InChI is InChI=1S/C20H21N5O3/c1-15(26)16-2-5-18(6-3-16)23-10-8-22(9-11-23)14-24-20-12-19(25(27)28)7-4-17(20)13-21-24/h2-7,12-13H,8-11,14H2,1H3. The molecule has 2 heterocycles. The van der Waals surface area contributed by atoms with Crippen LogP contribution in [0.25, 0.3) is 10.9 Å².